The van der Waals surface area contributed by atoms with Gasteiger partial charge in [-0.1, -0.05) is 0 Å². The minimum atomic E-state index is -0.713. The van der Waals surface area contributed by atoms with Gasteiger partial charge in [0.05, 0.1) is 19.6 Å². The molecule has 0 bridgehead atoms. The van der Waals surface area contributed by atoms with E-state index in [1.807, 2.05) is 0 Å². The summed E-state index contributed by atoms with van der Waals surface area (Å²) >= 11 is 0. The molecular formula is C15H19N3O7. The second-order valence-electron chi connectivity index (χ2n) is 5.32. The predicted molar refractivity (Wildman–Crippen MR) is 81.3 cm³/mol. The molecule has 10 nitrogen and oxygen atoms in total. The Morgan fingerprint density at radius 1 is 1.00 bits per heavy atom. The van der Waals surface area contributed by atoms with E-state index < -0.39 is 17.8 Å². The van der Waals surface area contributed by atoms with E-state index >= 15 is 0 Å². The van der Waals surface area contributed by atoms with Crippen molar-refractivity contribution in [1.82, 2.24) is 15.3 Å². The molecule has 1 saturated heterocycles. The SMILES string of the molecule is O=C(CCOCCNCCN1C(=O)C=CC1=O)ON1C(=O)CCC1=O. The van der Waals surface area contributed by atoms with E-state index in [4.69, 9.17) is 4.74 Å². The normalized spacial score (nSPS) is 17.1. The molecule has 0 aromatic heterocycles. The molecule has 0 unspecified atom stereocenters. The van der Waals surface area contributed by atoms with Crippen molar-refractivity contribution >= 4 is 29.6 Å². The van der Waals surface area contributed by atoms with Crippen LogP contribution >= 0.6 is 0 Å². The van der Waals surface area contributed by atoms with Crippen LogP contribution in [0, 0.1) is 0 Å². The molecule has 0 radical (unpaired) electrons. The monoisotopic (exact) mass is 353 g/mol. The maximum atomic E-state index is 11.5. The zero-order chi connectivity index (χ0) is 18.2. The highest BCUT2D eigenvalue weighted by atomic mass is 16.7. The van der Waals surface area contributed by atoms with E-state index in [0.717, 1.165) is 4.90 Å². The number of nitrogens with one attached hydrogen (secondary N) is 1. The van der Waals surface area contributed by atoms with E-state index in [1.165, 1.54) is 12.2 Å². The summed E-state index contributed by atoms with van der Waals surface area (Å²) in [5.41, 5.74) is 0. The van der Waals surface area contributed by atoms with Crippen molar-refractivity contribution in [2.45, 2.75) is 19.3 Å². The van der Waals surface area contributed by atoms with Gasteiger partial charge in [0.2, 0.25) is 0 Å². The third kappa shape index (κ3) is 5.47. The average Bonchev–Trinajstić information content (AvgIpc) is 3.06. The van der Waals surface area contributed by atoms with Crippen LogP contribution in [0.1, 0.15) is 19.3 Å². The van der Waals surface area contributed by atoms with Gasteiger partial charge in [-0.05, 0) is 0 Å². The molecule has 0 atom stereocenters. The highest BCUT2D eigenvalue weighted by Crippen LogP contribution is 2.12. The smallest absolute Gasteiger partial charge is 0.335 e. The number of hydroxylamine groups is 2. The summed E-state index contributed by atoms with van der Waals surface area (Å²) in [6.07, 6.45) is 2.49. The van der Waals surface area contributed by atoms with Gasteiger partial charge in [-0.2, -0.15) is 0 Å². The van der Waals surface area contributed by atoms with E-state index in [2.05, 4.69) is 10.2 Å². The van der Waals surface area contributed by atoms with E-state index in [0.29, 0.717) is 24.8 Å². The minimum absolute atomic E-state index is 0.0545. The lowest BCUT2D eigenvalue weighted by Crippen LogP contribution is -2.37. The molecule has 136 valence electrons. The van der Waals surface area contributed by atoms with Crippen LogP contribution in [0.15, 0.2) is 12.2 Å². The molecule has 0 aromatic rings. The van der Waals surface area contributed by atoms with Crippen LogP contribution in [0.3, 0.4) is 0 Å². The first kappa shape index (κ1) is 18.7. The Bertz CT molecular complexity index is 568. The van der Waals surface area contributed by atoms with Crippen LogP contribution < -0.4 is 5.32 Å². The van der Waals surface area contributed by atoms with E-state index in [1.54, 1.807) is 0 Å². The fourth-order valence-corrected chi connectivity index (χ4v) is 2.17. The van der Waals surface area contributed by atoms with Crippen molar-refractivity contribution in [2.24, 2.45) is 0 Å². The van der Waals surface area contributed by atoms with Crippen molar-refractivity contribution in [2.75, 3.05) is 32.8 Å². The van der Waals surface area contributed by atoms with Crippen LogP contribution in [-0.2, 0) is 33.5 Å². The van der Waals surface area contributed by atoms with Gasteiger partial charge in [0.1, 0.15) is 0 Å². The Hall–Kier alpha value is -2.59. The van der Waals surface area contributed by atoms with Gasteiger partial charge >= 0.3 is 5.97 Å². The third-order valence-electron chi connectivity index (χ3n) is 3.49. The van der Waals surface area contributed by atoms with Gasteiger partial charge in [0, 0.05) is 44.6 Å². The molecule has 2 aliphatic heterocycles. The van der Waals surface area contributed by atoms with Crippen LogP contribution in [0.25, 0.3) is 0 Å². The van der Waals surface area contributed by atoms with Crippen molar-refractivity contribution in [3.8, 4) is 0 Å². The fraction of sp³-hybridized carbons (Fsp3) is 0.533. The second-order valence-corrected chi connectivity index (χ2v) is 5.32. The summed E-state index contributed by atoms with van der Waals surface area (Å²) in [7, 11) is 0. The maximum Gasteiger partial charge on any atom is 0.335 e. The molecule has 2 heterocycles. The largest absolute Gasteiger partial charge is 0.380 e. The van der Waals surface area contributed by atoms with Crippen molar-refractivity contribution < 1.29 is 33.5 Å². The van der Waals surface area contributed by atoms with Gasteiger partial charge in [0.25, 0.3) is 23.6 Å². The average molecular weight is 353 g/mol. The summed E-state index contributed by atoms with van der Waals surface area (Å²) in [6.45, 7) is 1.58. The van der Waals surface area contributed by atoms with Crippen LogP contribution in [0.2, 0.25) is 0 Å². The summed E-state index contributed by atoms with van der Waals surface area (Å²) in [5.74, 6) is -2.40. The van der Waals surface area contributed by atoms with Gasteiger partial charge in [-0.3, -0.25) is 24.1 Å². The molecule has 0 spiro atoms. The number of imide groups is 2. The van der Waals surface area contributed by atoms with Gasteiger partial charge in [-0.15, -0.1) is 5.06 Å². The summed E-state index contributed by atoms with van der Waals surface area (Å²) in [5, 5.41) is 3.50. The highest BCUT2D eigenvalue weighted by Gasteiger charge is 2.32. The summed E-state index contributed by atoms with van der Waals surface area (Å²) < 4.78 is 5.23. The maximum absolute atomic E-state index is 11.5. The first-order valence-corrected chi connectivity index (χ1v) is 7.87. The van der Waals surface area contributed by atoms with Crippen molar-refractivity contribution in [3.05, 3.63) is 12.2 Å². The Kier molecular flexibility index (Phi) is 6.78. The molecule has 0 aromatic carbocycles. The molecule has 2 aliphatic rings. The number of ether oxygens (including phenoxy) is 1. The predicted octanol–water partition coefficient (Wildman–Crippen LogP) is -1.49. The number of nitrogens with zero attached hydrogens (tertiary/aromatic N) is 2. The quantitative estimate of drug-likeness (QED) is 0.372. The molecule has 4 amide bonds. The number of amides is 4. The molecule has 2 rings (SSSR count). The summed E-state index contributed by atoms with van der Waals surface area (Å²) in [4.78, 5) is 62.4. The molecule has 25 heavy (non-hydrogen) atoms. The Morgan fingerprint density at radius 2 is 1.64 bits per heavy atom. The summed E-state index contributed by atoms with van der Waals surface area (Å²) in [6, 6.07) is 0. The molecule has 0 aliphatic carbocycles. The number of hydrogen-bond acceptors (Lipinski definition) is 8. The lowest BCUT2D eigenvalue weighted by atomic mass is 10.4. The van der Waals surface area contributed by atoms with Crippen LogP contribution in [-0.4, -0.2) is 72.4 Å². The topological polar surface area (TPSA) is 122 Å². The highest BCUT2D eigenvalue weighted by molar-refractivity contribution is 6.12. The van der Waals surface area contributed by atoms with Gasteiger partial charge in [0.15, 0.2) is 0 Å². The first-order valence-electron chi connectivity index (χ1n) is 7.87. The Balaban J connectivity index is 1.46. The van der Waals surface area contributed by atoms with Crippen LogP contribution in [0.5, 0.6) is 0 Å². The fourth-order valence-electron chi connectivity index (χ4n) is 2.17. The molecular weight excluding hydrogens is 334 g/mol. The Labute approximate surface area is 143 Å². The number of hydrogen-bond donors (Lipinski definition) is 1. The lowest BCUT2D eigenvalue weighted by Gasteiger charge is -2.14. The standard InChI is InChI=1S/C15H19N3O7/c19-11-1-2-12(20)17(11)8-6-16-7-10-24-9-5-15(23)25-18-13(21)3-4-14(18)22/h1-2,16H,3-10H2. The zero-order valence-electron chi connectivity index (χ0n) is 13.6. The molecule has 1 fully saturated rings. The van der Waals surface area contributed by atoms with Gasteiger partial charge < -0.3 is 14.9 Å². The molecule has 0 saturated carbocycles. The third-order valence-corrected chi connectivity index (χ3v) is 3.49. The number of carbonyl (C=O) groups excluding carboxylic acids is 5. The first-order chi connectivity index (χ1) is 12.0. The van der Waals surface area contributed by atoms with Crippen molar-refractivity contribution in [3.63, 3.8) is 0 Å². The van der Waals surface area contributed by atoms with Crippen molar-refractivity contribution in [1.29, 1.82) is 0 Å². The van der Waals surface area contributed by atoms with Gasteiger partial charge in [-0.25, -0.2) is 4.79 Å². The zero-order valence-corrected chi connectivity index (χ0v) is 13.6. The Morgan fingerprint density at radius 3 is 2.28 bits per heavy atom. The van der Waals surface area contributed by atoms with E-state index in [9.17, 15) is 24.0 Å². The van der Waals surface area contributed by atoms with E-state index in [-0.39, 0.29) is 44.2 Å². The minimum Gasteiger partial charge on any atom is -0.380 e. The number of rotatable bonds is 10. The lowest BCUT2D eigenvalue weighted by molar-refractivity contribution is -0.198. The molecule has 1 N–H and O–H groups in total. The van der Waals surface area contributed by atoms with Crippen LogP contribution in [0.4, 0.5) is 0 Å². The second kappa shape index (κ2) is 9.04. The number of carbonyl (C=O) groups is 5. The molecule has 10 heteroatoms.